The Kier molecular flexibility index (Phi) is 10.4. The summed E-state index contributed by atoms with van der Waals surface area (Å²) in [6, 6.07) is 20.6. The van der Waals surface area contributed by atoms with Crippen LogP contribution in [-0.4, -0.2) is 78.1 Å². The van der Waals surface area contributed by atoms with Crippen LogP contribution in [-0.2, 0) is 7.05 Å². The molecule has 2 saturated heterocycles. The quantitative estimate of drug-likeness (QED) is 0.178. The van der Waals surface area contributed by atoms with Gasteiger partial charge in [0.25, 0.3) is 6.33 Å². The molecule has 5 rings (SSSR count). The van der Waals surface area contributed by atoms with E-state index in [4.69, 9.17) is 11.6 Å². The number of imidazole rings is 1. The van der Waals surface area contributed by atoms with Gasteiger partial charge in [0.1, 0.15) is 12.4 Å². The fraction of sp³-hybridized carbons (Fsp3) is 0.346. The molecule has 0 bridgehead atoms. The van der Waals surface area contributed by atoms with Gasteiger partial charge in [0.2, 0.25) is 0 Å². The predicted molar refractivity (Wildman–Crippen MR) is 138 cm³/mol. The molecule has 0 aliphatic carbocycles. The third kappa shape index (κ3) is 7.36. The number of benzene rings is 2. The Morgan fingerprint density at radius 2 is 1.17 bits per heavy atom. The van der Waals surface area contributed by atoms with Crippen LogP contribution in [0.5, 0.6) is 0 Å². The third-order valence-electron chi connectivity index (χ3n) is 6.31. The smallest absolute Gasteiger partial charge is 0.415 e. The van der Waals surface area contributed by atoms with Crippen molar-refractivity contribution in [3.63, 3.8) is 0 Å². The van der Waals surface area contributed by atoms with Crippen molar-refractivity contribution in [3.05, 3.63) is 79.4 Å². The van der Waals surface area contributed by atoms with E-state index in [-0.39, 0.29) is 35.4 Å². The van der Waals surface area contributed by atoms with Crippen molar-refractivity contribution in [2.45, 2.75) is 0 Å². The number of aryl methyl sites for hydroxylation is 1. The van der Waals surface area contributed by atoms with Crippen molar-refractivity contribution < 1.29 is 38.1 Å². The highest BCUT2D eigenvalue weighted by molar-refractivity contribution is 6.62. The van der Waals surface area contributed by atoms with Gasteiger partial charge >= 0.3 is 11.4 Å². The van der Waals surface area contributed by atoms with Gasteiger partial charge in [0.15, 0.2) is 0 Å². The number of anilines is 2. The highest BCUT2D eigenvalue weighted by atomic mass is 127. The molecule has 2 amide bonds. The van der Waals surface area contributed by atoms with E-state index in [0.29, 0.717) is 13.1 Å². The van der Waals surface area contributed by atoms with Crippen LogP contribution in [0.2, 0.25) is 0 Å². The first-order valence-electron chi connectivity index (χ1n) is 11.9. The molecule has 2 aromatic carbocycles. The molecular formula is C26H32ClIN6O2. The molecule has 0 radical (unpaired) electrons. The molecule has 2 aliphatic heterocycles. The Morgan fingerprint density at radius 1 is 0.722 bits per heavy atom. The Balaban J connectivity index is 0.000000203. The van der Waals surface area contributed by atoms with Crippen molar-refractivity contribution in [2.75, 3.05) is 62.2 Å². The first kappa shape index (κ1) is 27.8. The lowest BCUT2D eigenvalue weighted by atomic mass is 10.2. The third-order valence-corrected chi connectivity index (χ3v) is 6.55. The summed E-state index contributed by atoms with van der Waals surface area (Å²) in [5, 5.41) is -0.345. The van der Waals surface area contributed by atoms with Crippen LogP contribution in [0.3, 0.4) is 0 Å². The summed E-state index contributed by atoms with van der Waals surface area (Å²) < 4.78 is 3.51. The summed E-state index contributed by atoms with van der Waals surface area (Å²) in [7, 11) is 1.91. The molecule has 8 nitrogen and oxygen atoms in total. The van der Waals surface area contributed by atoms with Gasteiger partial charge in [-0.3, -0.25) is 4.79 Å². The largest absolute Gasteiger partial charge is 1.00 e. The van der Waals surface area contributed by atoms with Crippen LogP contribution in [0.25, 0.3) is 0 Å². The standard InChI is InChI=1S/C15H19N4O.C11H13ClN2O.HI/c1-16-7-8-19(13-16)15(20)18-11-9-17(10-12-18)14-5-3-2-4-6-14;12-11(15)14-8-6-13(7-9-14)10-4-2-1-3-5-10;/h2-8,13H,9-12H2,1H3;1-5H,6-9H2;1H/q+1;;/p-1. The number of halogens is 2. The van der Waals surface area contributed by atoms with E-state index >= 15 is 0 Å². The lowest BCUT2D eigenvalue weighted by molar-refractivity contribution is -0.670. The van der Waals surface area contributed by atoms with E-state index in [1.54, 1.807) is 22.0 Å². The molecule has 0 N–H and O–H groups in total. The second-order valence-electron chi connectivity index (χ2n) is 8.64. The number of para-hydroxylation sites is 2. The van der Waals surface area contributed by atoms with Gasteiger partial charge in [-0.05, 0) is 35.9 Å². The molecule has 3 heterocycles. The maximum absolute atomic E-state index is 12.3. The number of rotatable bonds is 2. The zero-order valence-electron chi connectivity index (χ0n) is 20.4. The average molecular weight is 623 g/mol. The molecule has 1 aromatic heterocycles. The van der Waals surface area contributed by atoms with Crippen molar-refractivity contribution in [1.29, 1.82) is 0 Å². The number of hydrogen-bond acceptors (Lipinski definition) is 4. The summed E-state index contributed by atoms with van der Waals surface area (Å²) in [5.74, 6) is 0. The van der Waals surface area contributed by atoms with Gasteiger partial charge in [-0.25, -0.2) is 9.36 Å². The lowest BCUT2D eigenvalue weighted by Gasteiger charge is -2.34. The highest BCUT2D eigenvalue weighted by Crippen LogP contribution is 2.17. The van der Waals surface area contributed by atoms with E-state index in [2.05, 4.69) is 34.1 Å². The molecule has 2 fully saturated rings. The second-order valence-corrected chi connectivity index (χ2v) is 8.96. The van der Waals surface area contributed by atoms with Crippen LogP contribution in [0.4, 0.5) is 21.0 Å². The SMILES string of the molecule is C[n+]1ccn(C(=O)N2CCN(c3ccccc3)CC2)c1.O=C(Cl)N1CCN(c2ccccc2)CC1.[I-]. The molecule has 0 unspecified atom stereocenters. The summed E-state index contributed by atoms with van der Waals surface area (Å²) in [5.41, 5.74) is 2.44. The Morgan fingerprint density at radius 3 is 1.56 bits per heavy atom. The number of piperazine rings is 2. The number of carbonyl (C=O) groups is 2. The van der Waals surface area contributed by atoms with Crippen molar-refractivity contribution in [3.8, 4) is 0 Å². The van der Waals surface area contributed by atoms with Gasteiger partial charge in [0, 0.05) is 63.7 Å². The maximum Gasteiger partial charge on any atom is 0.415 e. The summed E-state index contributed by atoms with van der Waals surface area (Å²) >= 11 is 5.42. The van der Waals surface area contributed by atoms with Gasteiger partial charge < -0.3 is 43.6 Å². The first-order chi connectivity index (χ1) is 17.0. The van der Waals surface area contributed by atoms with Gasteiger partial charge in [-0.1, -0.05) is 36.4 Å². The fourth-order valence-corrected chi connectivity index (χ4v) is 4.47. The van der Waals surface area contributed by atoms with Gasteiger partial charge in [-0.2, -0.15) is 4.57 Å². The minimum Gasteiger partial charge on any atom is -1.00 e. The summed E-state index contributed by atoms with van der Waals surface area (Å²) in [6.07, 6.45) is 5.47. The zero-order chi connectivity index (χ0) is 24.6. The van der Waals surface area contributed by atoms with Gasteiger partial charge in [0.05, 0.1) is 7.05 Å². The molecule has 0 atom stereocenters. The van der Waals surface area contributed by atoms with Crippen LogP contribution >= 0.6 is 11.6 Å². The van der Waals surface area contributed by atoms with E-state index in [9.17, 15) is 9.59 Å². The van der Waals surface area contributed by atoms with E-state index in [1.807, 2.05) is 59.1 Å². The van der Waals surface area contributed by atoms with E-state index in [1.165, 1.54) is 11.4 Å². The number of nitrogens with zero attached hydrogens (tertiary/aromatic N) is 6. The summed E-state index contributed by atoms with van der Waals surface area (Å²) in [4.78, 5) is 31.4. The minimum absolute atomic E-state index is 0. The van der Waals surface area contributed by atoms with Crippen molar-refractivity contribution >= 4 is 34.4 Å². The normalized spacial score (nSPS) is 15.5. The number of hydrogen-bond donors (Lipinski definition) is 0. The number of aromatic nitrogens is 2. The average Bonchev–Trinajstić information content (AvgIpc) is 3.36. The summed E-state index contributed by atoms with van der Waals surface area (Å²) in [6.45, 7) is 6.39. The van der Waals surface area contributed by atoms with Crippen molar-refractivity contribution in [1.82, 2.24) is 14.4 Å². The van der Waals surface area contributed by atoms with E-state index in [0.717, 1.165) is 39.3 Å². The van der Waals surface area contributed by atoms with Crippen LogP contribution in [0, 0.1) is 0 Å². The predicted octanol–water partition coefficient (Wildman–Crippen LogP) is 0.274. The Labute approximate surface area is 234 Å². The molecule has 10 heteroatoms. The van der Waals surface area contributed by atoms with Gasteiger partial charge in [-0.15, -0.1) is 0 Å². The number of amides is 2. The Hall–Kier alpha value is -2.79. The van der Waals surface area contributed by atoms with E-state index < -0.39 is 0 Å². The molecule has 0 spiro atoms. The van der Waals surface area contributed by atoms with Crippen LogP contribution in [0.1, 0.15) is 0 Å². The van der Waals surface area contributed by atoms with Crippen LogP contribution in [0.15, 0.2) is 79.4 Å². The number of carbonyl (C=O) groups excluding carboxylic acids is 2. The lowest BCUT2D eigenvalue weighted by Crippen LogP contribution is -3.00. The molecule has 2 aliphatic rings. The fourth-order valence-electron chi connectivity index (χ4n) is 4.30. The Bertz CT molecular complexity index is 1100. The molecule has 3 aromatic rings. The molecular weight excluding hydrogens is 591 g/mol. The minimum atomic E-state index is -0.345. The second kappa shape index (κ2) is 13.5. The van der Waals surface area contributed by atoms with Crippen LogP contribution < -0.4 is 38.3 Å². The first-order valence-corrected chi connectivity index (χ1v) is 12.3. The molecule has 192 valence electrons. The molecule has 0 saturated carbocycles. The maximum atomic E-state index is 12.3. The molecule has 36 heavy (non-hydrogen) atoms. The highest BCUT2D eigenvalue weighted by Gasteiger charge is 2.25. The monoisotopic (exact) mass is 622 g/mol. The topological polar surface area (TPSA) is 55.9 Å². The van der Waals surface area contributed by atoms with Crippen molar-refractivity contribution in [2.24, 2.45) is 7.05 Å². The zero-order valence-corrected chi connectivity index (χ0v) is 23.3.